The molecule has 0 aliphatic heterocycles. The molecule has 0 radical (unpaired) electrons. The van der Waals surface area contributed by atoms with Gasteiger partial charge in [0.15, 0.2) is 0 Å². The number of pyridine rings is 1. The van der Waals surface area contributed by atoms with E-state index in [0.717, 1.165) is 19.0 Å². The lowest BCUT2D eigenvalue weighted by Crippen LogP contribution is -2.15. The maximum absolute atomic E-state index is 11.0. The highest BCUT2D eigenvalue weighted by molar-refractivity contribution is 5.60. The van der Waals surface area contributed by atoms with Crippen molar-refractivity contribution in [2.75, 3.05) is 23.7 Å². The standard InChI is InChI=1S/C13H20N4O2/c1-3-14-12-7-6-11(17(18)19)13(16-12)15-8-9(2)10-4-5-10/h6-7,9-10H,3-5,8H2,1-2H3,(H2,14,15,16). The van der Waals surface area contributed by atoms with E-state index in [4.69, 9.17) is 0 Å². The maximum atomic E-state index is 11.0. The van der Waals surface area contributed by atoms with Crippen LogP contribution >= 0.6 is 0 Å². The van der Waals surface area contributed by atoms with Gasteiger partial charge in [-0.3, -0.25) is 10.1 Å². The van der Waals surface area contributed by atoms with Gasteiger partial charge in [0.05, 0.1) is 4.92 Å². The van der Waals surface area contributed by atoms with Crippen molar-refractivity contribution in [3.63, 3.8) is 0 Å². The number of nitrogens with zero attached hydrogens (tertiary/aromatic N) is 2. The largest absolute Gasteiger partial charge is 0.370 e. The monoisotopic (exact) mass is 264 g/mol. The minimum absolute atomic E-state index is 0.0321. The molecular weight excluding hydrogens is 244 g/mol. The molecular formula is C13H20N4O2. The molecule has 1 heterocycles. The molecule has 1 aliphatic carbocycles. The van der Waals surface area contributed by atoms with Gasteiger partial charge < -0.3 is 10.6 Å². The molecule has 1 saturated carbocycles. The van der Waals surface area contributed by atoms with E-state index in [1.165, 1.54) is 18.9 Å². The summed E-state index contributed by atoms with van der Waals surface area (Å²) in [5.41, 5.74) is 0.0321. The smallest absolute Gasteiger partial charge is 0.311 e. The number of rotatable bonds is 7. The van der Waals surface area contributed by atoms with Crippen molar-refractivity contribution < 1.29 is 4.92 Å². The molecule has 1 atom stereocenters. The summed E-state index contributed by atoms with van der Waals surface area (Å²) in [5.74, 6) is 2.32. The highest BCUT2D eigenvalue weighted by atomic mass is 16.6. The van der Waals surface area contributed by atoms with Gasteiger partial charge in [-0.1, -0.05) is 6.92 Å². The number of nitrogens with one attached hydrogen (secondary N) is 2. The summed E-state index contributed by atoms with van der Waals surface area (Å²) in [5, 5.41) is 17.2. The first-order valence-electron chi connectivity index (χ1n) is 6.75. The minimum Gasteiger partial charge on any atom is -0.370 e. The Kier molecular flexibility index (Phi) is 4.19. The fraction of sp³-hybridized carbons (Fsp3) is 0.615. The summed E-state index contributed by atoms with van der Waals surface area (Å²) < 4.78 is 0. The molecule has 2 rings (SSSR count). The minimum atomic E-state index is -0.396. The molecule has 104 valence electrons. The zero-order chi connectivity index (χ0) is 13.8. The average Bonchev–Trinajstić information content (AvgIpc) is 3.20. The molecule has 1 aliphatic rings. The number of aromatic nitrogens is 1. The Labute approximate surface area is 112 Å². The molecule has 0 aromatic carbocycles. The normalized spacial score (nSPS) is 15.9. The van der Waals surface area contributed by atoms with Gasteiger partial charge in [-0.2, -0.15) is 0 Å². The Bertz CT molecular complexity index is 460. The topological polar surface area (TPSA) is 80.1 Å². The Morgan fingerprint density at radius 1 is 1.47 bits per heavy atom. The van der Waals surface area contributed by atoms with Crippen molar-refractivity contribution in [3.05, 3.63) is 22.2 Å². The summed E-state index contributed by atoms with van der Waals surface area (Å²) in [6.45, 7) is 5.60. The first-order chi connectivity index (χ1) is 9.11. The summed E-state index contributed by atoms with van der Waals surface area (Å²) in [6.07, 6.45) is 2.55. The van der Waals surface area contributed by atoms with Crippen LogP contribution in [0.5, 0.6) is 0 Å². The molecule has 1 fully saturated rings. The summed E-state index contributed by atoms with van der Waals surface area (Å²) in [4.78, 5) is 14.9. The molecule has 6 nitrogen and oxygen atoms in total. The average molecular weight is 264 g/mol. The molecule has 1 unspecified atom stereocenters. The zero-order valence-electron chi connectivity index (χ0n) is 11.3. The van der Waals surface area contributed by atoms with Crippen LogP contribution in [0.15, 0.2) is 12.1 Å². The Balaban J connectivity index is 2.09. The maximum Gasteiger partial charge on any atom is 0.311 e. The highest BCUT2D eigenvalue weighted by Gasteiger charge is 2.28. The van der Waals surface area contributed by atoms with E-state index in [1.807, 2.05) is 6.92 Å². The second-order valence-corrected chi connectivity index (χ2v) is 5.05. The van der Waals surface area contributed by atoms with E-state index >= 15 is 0 Å². The van der Waals surface area contributed by atoms with Gasteiger partial charge in [0, 0.05) is 19.2 Å². The molecule has 2 N–H and O–H groups in total. The van der Waals surface area contributed by atoms with Crippen molar-refractivity contribution in [3.8, 4) is 0 Å². The predicted molar refractivity (Wildman–Crippen MR) is 75.4 cm³/mol. The Hall–Kier alpha value is -1.85. The van der Waals surface area contributed by atoms with Crippen LogP contribution in [0.4, 0.5) is 17.3 Å². The molecule has 0 saturated heterocycles. The van der Waals surface area contributed by atoms with Gasteiger partial charge in [-0.15, -0.1) is 0 Å². The lowest BCUT2D eigenvalue weighted by molar-refractivity contribution is -0.384. The van der Waals surface area contributed by atoms with Gasteiger partial charge in [0.2, 0.25) is 5.82 Å². The van der Waals surface area contributed by atoms with Crippen LogP contribution in [0.2, 0.25) is 0 Å². The van der Waals surface area contributed by atoms with Crippen LogP contribution in [0.1, 0.15) is 26.7 Å². The third-order valence-electron chi connectivity index (χ3n) is 3.45. The number of hydrogen-bond acceptors (Lipinski definition) is 5. The first-order valence-corrected chi connectivity index (χ1v) is 6.75. The Morgan fingerprint density at radius 2 is 2.21 bits per heavy atom. The Morgan fingerprint density at radius 3 is 2.79 bits per heavy atom. The van der Waals surface area contributed by atoms with E-state index in [9.17, 15) is 10.1 Å². The first kappa shape index (κ1) is 13.6. The van der Waals surface area contributed by atoms with Crippen LogP contribution in [-0.4, -0.2) is 23.0 Å². The van der Waals surface area contributed by atoms with Crippen molar-refractivity contribution in [1.82, 2.24) is 4.98 Å². The lowest BCUT2D eigenvalue weighted by Gasteiger charge is -2.13. The van der Waals surface area contributed by atoms with E-state index in [1.54, 1.807) is 6.07 Å². The predicted octanol–water partition coefficient (Wildman–Crippen LogP) is 2.88. The van der Waals surface area contributed by atoms with Crippen molar-refractivity contribution >= 4 is 17.3 Å². The van der Waals surface area contributed by atoms with E-state index < -0.39 is 4.92 Å². The zero-order valence-corrected chi connectivity index (χ0v) is 11.3. The van der Waals surface area contributed by atoms with Crippen molar-refractivity contribution in [2.24, 2.45) is 11.8 Å². The molecule has 0 amide bonds. The quantitative estimate of drug-likeness (QED) is 0.584. The molecule has 19 heavy (non-hydrogen) atoms. The molecule has 1 aromatic heterocycles. The molecule has 1 aromatic rings. The van der Waals surface area contributed by atoms with Crippen molar-refractivity contribution in [1.29, 1.82) is 0 Å². The third-order valence-corrected chi connectivity index (χ3v) is 3.45. The van der Waals surface area contributed by atoms with Gasteiger partial charge in [0.1, 0.15) is 5.82 Å². The number of anilines is 2. The SMILES string of the molecule is CCNc1ccc([N+](=O)[O-])c(NCC(C)C2CC2)n1. The summed E-state index contributed by atoms with van der Waals surface area (Å²) >= 11 is 0. The van der Waals surface area contributed by atoms with E-state index in [-0.39, 0.29) is 5.69 Å². The van der Waals surface area contributed by atoms with Crippen LogP contribution < -0.4 is 10.6 Å². The van der Waals surface area contributed by atoms with E-state index in [0.29, 0.717) is 17.6 Å². The number of nitro groups is 1. The molecule has 0 bridgehead atoms. The summed E-state index contributed by atoms with van der Waals surface area (Å²) in [6, 6.07) is 3.13. The second kappa shape index (κ2) is 5.86. The van der Waals surface area contributed by atoms with Crippen LogP contribution in [-0.2, 0) is 0 Å². The van der Waals surface area contributed by atoms with Crippen LogP contribution in [0, 0.1) is 22.0 Å². The van der Waals surface area contributed by atoms with Gasteiger partial charge >= 0.3 is 5.69 Å². The summed E-state index contributed by atoms with van der Waals surface area (Å²) in [7, 11) is 0. The molecule has 0 spiro atoms. The van der Waals surface area contributed by atoms with Crippen LogP contribution in [0.25, 0.3) is 0 Å². The third kappa shape index (κ3) is 3.56. The fourth-order valence-electron chi connectivity index (χ4n) is 2.10. The number of hydrogen-bond donors (Lipinski definition) is 2. The van der Waals surface area contributed by atoms with Gasteiger partial charge in [0.25, 0.3) is 0 Å². The van der Waals surface area contributed by atoms with Gasteiger partial charge in [-0.05, 0) is 37.7 Å². The van der Waals surface area contributed by atoms with Crippen molar-refractivity contribution in [2.45, 2.75) is 26.7 Å². The van der Waals surface area contributed by atoms with Gasteiger partial charge in [-0.25, -0.2) is 4.98 Å². The second-order valence-electron chi connectivity index (χ2n) is 5.05. The highest BCUT2D eigenvalue weighted by Crippen LogP contribution is 2.36. The lowest BCUT2D eigenvalue weighted by atomic mass is 10.1. The van der Waals surface area contributed by atoms with Crippen LogP contribution in [0.3, 0.4) is 0 Å². The van der Waals surface area contributed by atoms with E-state index in [2.05, 4.69) is 22.5 Å². The fourth-order valence-corrected chi connectivity index (χ4v) is 2.10. The molecule has 6 heteroatoms.